The second-order valence-corrected chi connectivity index (χ2v) is 8.77. The number of amides is 1. The Morgan fingerprint density at radius 3 is 2.55 bits per heavy atom. The van der Waals surface area contributed by atoms with Gasteiger partial charge in [-0.3, -0.25) is 9.52 Å². The molecule has 1 fully saturated rings. The Morgan fingerprint density at radius 1 is 1.14 bits per heavy atom. The first-order chi connectivity index (χ1) is 13.9. The lowest BCUT2D eigenvalue weighted by Gasteiger charge is -2.32. The summed E-state index contributed by atoms with van der Waals surface area (Å²) in [5, 5.41) is 0. The van der Waals surface area contributed by atoms with Gasteiger partial charge >= 0.3 is 0 Å². The van der Waals surface area contributed by atoms with Crippen LogP contribution in [-0.4, -0.2) is 38.9 Å². The summed E-state index contributed by atoms with van der Waals surface area (Å²) in [6.07, 6.45) is 6.50. The molecule has 1 aliphatic rings. The zero-order valence-electron chi connectivity index (χ0n) is 16.7. The van der Waals surface area contributed by atoms with E-state index in [2.05, 4.69) is 11.6 Å². The Bertz CT molecular complexity index is 984. The lowest BCUT2D eigenvalue weighted by Crippen LogP contribution is -2.41. The van der Waals surface area contributed by atoms with Crippen molar-refractivity contribution in [3.63, 3.8) is 0 Å². The fraction of sp³-hybridized carbons (Fsp3) is 0.318. The Balaban J connectivity index is 1.69. The van der Waals surface area contributed by atoms with Gasteiger partial charge in [-0.05, 0) is 62.1 Å². The van der Waals surface area contributed by atoms with Gasteiger partial charge in [0.15, 0.2) is 0 Å². The van der Waals surface area contributed by atoms with Crippen molar-refractivity contribution in [2.24, 2.45) is 0 Å². The third kappa shape index (κ3) is 5.17. The molecular weight excluding hydrogens is 388 g/mol. The maximum atomic E-state index is 12.6. The lowest BCUT2D eigenvalue weighted by molar-refractivity contribution is -0.129. The minimum absolute atomic E-state index is 0.00765. The highest BCUT2D eigenvalue weighted by Gasteiger charge is 2.21. The zero-order chi connectivity index (χ0) is 20.9. The summed E-state index contributed by atoms with van der Waals surface area (Å²) >= 11 is 0. The molecule has 0 aliphatic carbocycles. The van der Waals surface area contributed by atoms with E-state index >= 15 is 0 Å². The number of hydrogen-bond donors (Lipinski definition) is 1. The number of para-hydroxylation sites is 2. The molecule has 3 rings (SSSR count). The average molecular weight is 415 g/mol. The monoisotopic (exact) mass is 414 g/mol. The highest BCUT2D eigenvalue weighted by Crippen LogP contribution is 2.26. The quantitative estimate of drug-likeness (QED) is 0.727. The molecule has 1 amide bonds. The number of nitrogens with zero attached hydrogens (tertiary/aromatic N) is 1. The molecule has 0 saturated carbocycles. The molecule has 1 atom stereocenters. The van der Waals surface area contributed by atoms with Crippen LogP contribution in [0.2, 0.25) is 0 Å². The SMILES string of the molecule is COc1ccccc1NS(=O)(=O)c1ccc(/C=C/C(=O)N2CCCCC2C)cc1. The van der Waals surface area contributed by atoms with Crippen LogP contribution in [0.15, 0.2) is 59.5 Å². The molecule has 29 heavy (non-hydrogen) atoms. The summed E-state index contributed by atoms with van der Waals surface area (Å²) in [4.78, 5) is 14.4. The number of sulfonamides is 1. The molecule has 1 unspecified atom stereocenters. The molecule has 0 bridgehead atoms. The number of nitrogens with one attached hydrogen (secondary N) is 1. The molecular formula is C22H26N2O4S. The number of hydrogen-bond acceptors (Lipinski definition) is 4. The third-order valence-corrected chi connectivity index (χ3v) is 6.43. The van der Waals surface area contributed by atoms with Crippen LogP contribution in [0.25, 0.3) is 6.08 Å². The fourth-order valence-corrected chi connectivity index (χ4v) is 4.45. The van der Waals surface area contributed by atoms with Crippen LogP contribution in [0.4, 0.5) is 5.69 Å². The van der Waals surface area contributed by atoms with Crippen molar-refractivity contribution in [1.29, 1.82) is 0 Å². The van der Waals surface area contributed by atoms with Crippen molar-refractivity contribution >= 4 is 27.7 Å². The molecule has 1 heterocycles. The van der Waals surface area contributed by atoms with Gasteiger partial charge in [0.1, 0.15) is 5.75 Å². The molecule has 0 radical (unpaired) electrons. The molecule has 2 aromatic rings. The summed E-state index contributed by atoms with van der Waals surface area (Å²) in [6.45, 7) is 2.86. The first-order valence-electron chi connectivity index (χ1n) is 9.65. The van der Waals surface area contributed by atoms with Crippen molar-refractivity contribution in [2.75, 3.05) is 18.4 Å². The van der Waals surface area contributed by atoms with E-state index < -0.39 is 10.0 Å². The summed E-state index contributed by atoms with van der Waals surface area (Å²) in [5.74, 6) is 0.438. The van der Waals surface area contributed by atoms with Crippen LogP contribution in [0.1, 0.15) is 31.7 Å². The topological polar surface area (TPSA) is 75.7 Å². The van der Waals surface area contributed by atoms with Gasteiger partial charge in [-0.1, -0.05) is 24.3 Å². The van der Waals surface area contributed by atoms with Gasteiger partial charge in [0, 0.05) is 18.7 Å². The Kier molecular flexibility index (Phi) is 6.59. The van der Waals surface area contributed by atoms with E-state index in [9.17, 15) is 13.2 Å². The standard InChI is InChI=1S/C22H26N2O4S/c1-17-7-5-6-16-24(17)22(25)15-12-18-10-13-19(14-11-18)29(26,27)23-20-8-3-4-9-21(20)28-2/h3-4,8-15,17,23H,5-7,16H2,1-2H3/b15-12+. The van der Waals surface area contributed by atoms with E-state index in [-0.39, 0.29) is 16.8 Å². The molecule has 1 N–H and O–H groups in total. The maximum Gasteiger partial charge on any atom is 0.262 e. The molecule has 1 saturated heterocycles. The van der Waals surface area contributed by atoms with Crippen LogP contribution >= 0.6 is 0 Å². The van der Waals surface area contributed by atoms with Crippen molar-refractivity contribution < 1.29 is 17.9 Å². The normalized spacial score (nSPS) is 17.3. The molecule has 0 aromatic heterocycles. The second-order valence-electron chi connectivity index (χ2n) is 7.08. The van der Waals surface area contributed by atoms with E-state index in [1.165, 1.54) is 19.2 Å². The molecule has 1 aliphatic heterocycles. The van der Waals surface area contributed by atoms with E-state index in [4.69, 9.17) is 4.74 Å². The molecule has 0 spiro atoms. The number of likely N-dealkylation sites (tertiary alicyclic amines) is 1. The third-order valence-electron chi connectivity index (χ3n) is 5.05. The number of rotatable bonds is 6. The van der Waals surface area contributed by atoms with Gasteiger partial charge in [0.2, 0.25) is 5.91 Å². The Labute approximate surface area is 172 Å². The number of piperidine rings is 1. The molecule has 7 heteroatoms. The predicted octanol–water partition coefficient (Wildman–Crippen LogP) is 3.91. The van der Waals surface area contributed by atoms with Crippen molar-refractivity contribution in [2.45, 2.75) is 37.1 Å². The second kappa shape index (κ2) is 9.13. The highest BCUT2D eigenvalue weighted by atomic mass is 32.2. The fourth-order valence-electron chi connectivity index (χ4n) is 3.38. The largest absolute Gasteiger partial charge is 0.495 e. The summed E-state index contributed by atoms with van der Waals surface area (Å²) < 4.78 is 33.0. The van der Waals surface area contributed by atoms with E-state index in [0.717, 1.165) is 31.4 Å². The summed E-state index contributed by atoms with van der Waals surface area (Å²) in [6, 6.07) is 13.5. The van der Waals surface area contributed by atoms with Crippen molar-refractivity contribution in [3.05, 3.63) is 60.2 Å². The van der Waals surface area contributed by atoms with Crippen LogP contribution in [0.5, 0.6) is 5.75 Å². The van der Waals surface area contributed by atoms with E-state index in [1.807, 2.05) is 4.90 Å². The highest BCUT2D eigenvalue weighted by molar-refractivity contribution is 7.92. The van der Waals surface area contributed by atoms with Gasteiger partial charge < -0.3 is 9.64 Å². The minimum Gasteiger partial charge on any atom is -0.495 e. The van der Waals surface area contributed by atoms with Gasteiger partial charge in [-0.2, -0.15) is 0 Å². The van der Waals surface area contributed by atoms with E-state index in [1.54, 1.807) is 48.6 Å². The van der Waals surface area contributed by atoms with Crippen molar-refractivity contribution in [3.8, 4) is 5.75 Å². The van der Waals surface area contributed by atoms with Crippen molar-refractivity contribution in [1.82, 2.24) is 4.90 Å². The number of anilines is 1. The number of carbonyl (C=O) groups excluding carboxylic acids is 1. The van der Waals surface area contributed by atoms with Gasteiger partial charge in [-0.15, -0.1) is 0 Å². The van der Waals surface area contributed by atoms with Crippen LogP contribution in [0.3, 0.4) is 0 Å². The van der Waals surface area contributed by atoms with Gasteiger partial charge in [0.25, 0.3) is 10.0 Å². The van der Waals surface area contributed by atoms with Crippen LogP contribution < -0.4 is 9.46 Å². The predicted molar refractivity (Wildman–Crippen MR) is 114 cm³/mol. The average Bonchev–Trinajstić information content (AvgIpc) is 2.73. The Morgan fingerprint density at radius 2 is 1.86 bits per heavy atom. The van der Waals surface area contributed by atoms with Crippen LogP contribution in [0, 0.1) is 0 Å². The zero-order valence-corrected chi connectivity index (χ0v) is 17.5. The number of ether oxygens (including phenoxy) is 1. The number of benzene rings is 2. The van der Waals surface area contributed by atoms with Crippen LogP contribution in [-0.2, 0) is 14.8 Å². The first-order valence-corrected chi connectivity index (χ1v) is 11.1. The summed E-state index contributed by atoms with van der Waals surface area (Å²) in [7, 11) is -2.26. The number of methoxy groups -OCH3 is 1. The van der Waals surface area contributed by atoms with Gasteiger partial charge in [0.05, 0.1) is 17.7 Å². The molecule has 154 valence electrons. The lowest BCUT2D eigenvalue weighted by atomic mass is 10.0. The smallest absolute Gasteiger partial charge is 0.262 e. The van der Waals surface area contributed by atoms with E-state index in [0.29, 0.717) is 11.4 Å². The number of carbonyl (C=O) groups is 1. The summed E-state index contributed by atoms with van der Waals surface area (Å²) in [5.41, 5.74) is 1.14. The first kappa shape index (κ1) is 20.9. The molecule has 2 aromatic carbocycles. The maximum absolute atomic E-state index is 12.6. The Hall–Kier alpha value is -2.80. The van der Waals surface area contributed by atoms with Gasteiger partial charge in [-0.25, -0.2) is 8.42 Å². The molecule has 6 nitrogen and oxygen atoms in total. The minimum atomic E-state index is -3.75.